The van der Waals surface area contributed by atoms with Crippen molar-refractivity contribution in [1.29, 1.82) is 0 Å². The SMILES string of the molecule is CC1CN(C(=O)c2ccc(NC(=O)[C@@H](N)Cc3ccccc3)cc2)CC(C)O1. The summed E-state index contributed by atoms with van der Waals surface area (Å²) >= 11 is 0. The predicted molar refractivity (Wildman–Crippen MR) is 109 cm³/mol. The summed E-state index contributed by atoms with van der Waals surface area (Å²) in [6.45, 7) is 5.09. The number of amides is 2. The molecule has 148 valence electrons. The number of carbonyl (C=O) groups is 2. The molecule has 0 saturated carbocycles. The van der Waals surface area contributed by atoms with Gasteiger partial charge in [-0.3, -0.25) is 9.59 Å². The molecule has 3 N–H and O–H groups in total. The largest absolute Gasteiger partial charge is 0.372 e. The Bertz CT molecular complexity index is 798. The predicted octanol–water partition coefficient (Wildman–Crippen LogP) is 2.44. The van der Waals surface area contributed by atoms with Gasteiger partial charge in [-0.2, -0.15) is 0 Å². The number of nitrogens with one attached hydrogen (secondary N) is 1. The molecule has 1 fully saturated rings. The Morgan fingerprint density at radius 3 is 2.29 bits per heavy atom. The summed E-state index contributed by atoms with van der Waals surface area (Å²) in [6.07, 6.45) is 0.520. The van der Waals surface area contributed by atoms with Crippen LogP contribution < -0.4 is 11.1 Å². The molecule has 3 atom stereocenters. The smallest absolute Gasteiger partial charge is 0.254 e. The lowest BCUT2D eigenvalue weighted by molar-refractivity contribution is -0.117. The molecule has 0 spiro atoms. The molecule has 2 unspecified atom stereocenters. The average Bonchev–Trinajstić information content (AvgIpc) is 2.68. The molecule has 28 heavy (non-hydrogen) atoms. The van der Waals surface area contributed by atoms with Crippen molar-refractivity contribution in [2.45, 2.75) is 38.5 Å². The number of nitrogens with zero attached hydrogens (tertiary/aromatic N) is 1. The molecule has 1 aliphatic heterocycles. The van der Waals surface area contributed by atoms with E-state index in [9.17, 15) is 9.59 Å². The Labute approximate surface area is 165 Å². The monoisotopic (exact) mass is 381 g/mol. The van der Waals surface area contributed by atoms with E-state index in [1.54, 1.807) is 24.3 Å². The van der Waals surface area contributed by atoms with Gasteiger partial charge in [0.05, 0.1) is 18.2 Å². The van der Waals surface area contributed by atoms with Crippen molar-refractivity contribution in [1.82, 2.24) is 4.90 Å². The van der Waals surface area contributed by atoms with Crippen LogP contribution in [-0.4, -0.2) is 48.1 Å². The summed E-state index contributed by atoms with van der Waals surface area (Å²) in [6, 6.07) is 15.9. The number of hydrogen-bond acceptors (Lipinski definition) is 4. The number of nitrogens with two attached hydrogens (primary N) is 1. The van der Waals surface area contributed by atoms with Gasteiger partial charge in [0.25, 0.3) is 5.91 Å². The van der Waals surface area contributed by atoms with E-state index in [0.717, 1.165) is 5.56 Å². The fraction of sp³-hybridized carbons (Fsp3) is 0.364. The third-order valence-corrected chi connectivity index (χ3v) is 4.74. The Balaban J connectivity index is 1.58. The molecule has 3 rings (SSSR count). The molecule has 2 aromatic rings. The third-order valence-electron chi connectivity index (χ3n) is 4.74. The quantitative estimate of drug-likeness (QED) is 0.833. The highest BCUT2D eigenvalue weighted by atomic mass is 16.5. The molecule has 0 bridgehead atoms. The first-order chi connectivity index (χ1) is 13.4. The molecule has 1 heterocycles. The summed E-state index contributed by atoms with van der Waals surface area (Å²) in [7, 11) is 0. The van der Waals surface area contributed by atoms with Gasteiger partial charge in [-0.05, 0) is 50.1 Å². The fourth-order valence-corrected chi connectivity index (χ4v) is 3.42. The van der Waals surface area contributed by atoms with Crippen molar-refractivity contribution in [3.63, 3.8) is 0 Å². The van der Waals surface area contributed by atoms with Crippen LogP contribution in [0.2, 0.25) is 0 Å². The Morgan fingerprint density at radius 1 is 1.07 bits per heavy atom. The minimum absolute atomic E-state index is 0.0253. The summed E-state index contributed by atoms with van der Waals surface area (Å²) in [5, 5.41) is 2.81. The minimum Gasteiger partial charge on any atom is -0.372 e. The normalized spacial score (nSPS) is 20.5. The highest BCUT2D eigenvalue weighted by molar-refractivity contribution is 5.97. The number of anilines is 1. The van der Waals surface area contributed by atoms with Crippen molar-refractivity contribution in [3.05, 3.63) is 65.7 Å². The lowest BCUT2D eigenvalue weighted by Gasteiger charge is -2.35. The minimum atomic E-state index is -0.639. The van der Waals surface area contributed by atoms with Gasteiger partial charge in [0, 0.05) is 24.3 Å². The zero-order valence-electron chi connectivity index (χ0n) is 16.3. The van der Waals surface area contributed by atoms with Crippen molar-refractivity contribution in [2.24, 2.45) is 5.73 Å². The van der Waals surface area contributed by atoms with Crippen LogP contribution in [0.4, 0.5) is 5.69 Å². The number of rotatable bonds is 5. The summed E-state index contributed by atoms with van der Waals surface area (Å²) in [4.78, 5) is 26.8. The van der Waals surface area contributed by atoms with E-state index >= 15 is 0 Å². The van der Waals surface area contributed by atoms with E-state index in [-0.39, 0.29) is 24.0 Å². The van der Waals surface area contributed by atoms with E-state index in [2.05, 4.69) is 5.32 Å². The Hall–Kier alpha value is -2.70. The van der Waals surface area contributed by atoms with E-state index in [1.807, 2.05) is 49.1 Å². The number of morpholine rings is 1. The van der Waals surface area contributed by atoms with Gasteiger partial charge in [-0.1, -0.05) is 30.3 Å². The molecule has 2 aromatic carbocycles. The third kappa shape index (κ3) is 5.18. The lowest BCUT2D eigenvalue weighted by Crippen LogP contribution is -2.48. The summed E-state index contributed by atoms with van der Waals surface area (Å²) in [5.41, 5.74) is 8.24. The van der Waals surface area contributed by atoms with Gasteiger partial charge in [0.1, 0.15) is 0 Å². The number of carbonyl (C=O) groups excluding carboxylic acids is 2. The number of benzene rings is 2. The number of ether oxygens (including phenoxy) is 1. The zero-order valence-corrected chi connectivity index (χ0v) is 16.3. The molecule has 1 aliphatic rings. The van der Waals surface area contributed by atoms with E-state index in [0.29, 0.717) is 30.8 Å². The molecule has 2 amide bonds. The molecule has 0 radical (unpaired) electrons. The van der Waals surface area contributed by atoms with Crippen LogP contribution in [0.5, 0.6) is 0 Å². The molecular formula is C22H27N3O3. The van der Waals surface area contributed by atoms with Gasteiger partial charge in [0.15, 0.2) is 0 Å². The maximum atomic E-state index is 12.7. The van der Waals surface area contributed by atoms with Crippen LogP contribution in [0.3, 0.4) is 0 Å². The summed E-state index contributed by atoms with van der Waals surface area (Å²) in [5.74, 6) is -0.278. The van der Waals surface area contributed by atoms with Crippen LogP contribution in [0.15, 0.2) is 54.6 Å². The molecular weight excluding hydrogens is 354 g/mol. The maximum absolute atomic E-state index is 12.7. The second-order valence-corrected chi connectivity index (χ2v) is 7.33. The van der Waals surface area contributed by atoms with Crippen LogP contribution in [-0.2, 0) is 16.0 Å². The standard InChI is InChI=1S/C22H27N3O3/c1-15-13-25(14-16(2)28-15)22(27)18-8-10-19(11-9-18)24-21(26)20(23)12-17-6-4-3-5-7-17/h3-11,15-16,20H,12-14,23H2,1-2H3,(H,24,26)/t15?,16?,20-/m0/s1. The zero-order chi connectivity index (χ0) is 20.1. The van der Waals surface area contributed by atoms with Gasteiger partial charge in [-0.15, -0.1) is 0 Å². The molecule has 6 heteroatoms. The van der Waals surface area contributed by atoms with Crippen molar-refractivity contribution in [2.75, 3.05) is 18.4 Å². The van der Waals surface area contributed by atoms with Crippen LogP contribution >= 0.6 is 0 Å². The average molecular weight is 381 g/mol. The Morgan fingerprint density at radius 2 is 1.68 bits per heavy atom. The van der Waals surface area contributed by atoms with Crippen molar-refractivity contribution in [3.8, 4) is 0 Å². The van der Waals surface area contributed by atoms with Gasteiger partial charge in [-0.25, -0.2) is 0 Å². The fourth-order valence-electron chi connectivity index (χ4n) is 3.42. The molecule has 0 aromatic heterocycles. The first kappa shape index (κ1) is 20.0. The summed E-state index contributed by atoms with van der Waals surface area (Å²) < 4.78 is 5.68. The first-order valence-electron chi connectivity index (χ1n) is 9.57. The van der Waals surface area contributed by atoms with Gasteiger partial charge >= 0.3 is 0 Å². The number of hydrogen-bond donors (Lipinski definition) is 2. The lowest BCUT2D eigenvalue weighted by atomic mass is 10.1. The molecule has 0 aliphatic carbocycles. The second kappa shape index (κ2) is 8.99. The Kier molecular flexibility index (Phi) is 6.44. The van der Waals surface area contributed by atoms with Gasteiger partial charge in [0.2, 0.25) is 5.91 Å². The highest BCUT2D eigenvalue weighted by Gasteiger charge is 2.26. The maximum Gasteiger partial charge on any atom is 0.254 e. The van der Waals surface area contributed by atoms with Gasteiger partial charge < -0.3 is 20.7 Å². The molecule has 1 saturated heterocycles. The second-order valence-electron chi connectivity index (χ2n) is 7.33. The van der Waals surface area contributed by atoms with E-state index in [4.69, 9.17) is 10.5 Å². The van der Waals surface area contributed by atoms with E-state index in [1.165, 1.54) is 0 Å². The van der Waals surface area contributed by atoms with Crippen LogP contribution in [0, 0.1) is 0 Å². The van der Waals surface area contributed by atoms with Crippen molar-refractivity contribution >= 4 is 17.5 Å². The van der Waals surface area contributed by atoms with Crippen LogP contribution in [0.25, 0.3) is 0 Å². The topological polar surface area (TPSA) is 84.7 Å². The highest BCUT2D eigenvalue weighted by Crippen LogP contribution is 2.16. The van der Waals surface area contributed by atoms with E-state index < -0.39 is 6.04 Å². The van der Waals surface area contributed by atoms with Crippen LogP contribution in [0.1, 0.15) is 29.8 Å². The molecule has 6 nitrogen and oxygen atoms in total. The first-order valence-corrected chi connectivity index (χ1v) is 9.57. The van der Waals surface area contributed by atoms with Crippen molar-refractivity contribution < 1.29 is 14.3 Å².